The van der Waals surface area contributed by atoms with E-state index in [1.807, 2.05) is 53.4 Å². The molecule has 2 aromatic rings. The van der Waals surface area contributed by atoms with Gasteiger partial charge in [-0.05, 0) is 36.0 Å². The summed E-state index contributed by atoms with van der Waals surface area (Å²) in [6, 6.07) is 20.1. The lowest BCUT2D eigenvalue weighted by atomic mass is 9.88. The van der Waals surface area contributed by atoms with E-state index in [2.05, 4.69) is 17.4 Å². The van der Waals surface area contributed by atoms with Crippen LogP contribution >= 0.6 is 0 Å². The van der Waals surface area contributed by atoms with Gasteiger partial charge < -0.3 is 10.2 Å². The first kappa shape index (κ1) is 18.5. The Hall–Kier alpha value is -2.88. The van der Waals surface area contributed by atoms with Gasteiger partial charge in [-0.1, -0.05) is 67.1 Å². The van der Waals surface area contributed by atoms with E-state index in [-0.39, 0.29) is 24.3 Å². The summed E-state index contributed by atoms with van der Waals surface area (Å²) in [5.74, 6) is -0.0359. The van der Waals surface area contributed by atoms with E-state index in [9.17, 15) is 9.59 Å². The molecule has 0 aromatic heterocycles. The fourth-order valence-corrected chi connectivity index (χ4v) is 4.31. The zero-order valence-corrected chi connectivity index (χ0v) is 16.1. The molecule has 1 aliphatic carbocycles. The molecule has 4 heteroatoms. The summed E-state index contributed by atoms with van der Waals surface area (Å²) in [6.07, 6.45) is 4.36. The molecule has 144 valence electrons. The van der Waals surface area contributed by atoms with Crippen LogP contribution in [0.15, 0.2) is 71.8 Å². The van der Waals surface area contributed by atoms with Crippen molar-refractivity contribution in [2.75, 3.05) is 0 Å². The molecule has 1 N–H and O–H groups in total. The predicted molar refractivity (Wildman–Crippen MR) is 109 cm³/mol. The summed E-state index contributed by atoms with van der Waals surface area (Å²) >= 11 is 0. The number of nitrogens with one attached hydrogen (secondary N) is 1. The first-order valence-electron chi connectivity index (χ1n) is 10.1. The zero-order chi connectivity index (χ0) is 19.3. The van der Waals surface area contributed by atoms with Crippen molar-refractivity contribution in [3.63, 3.8) is 0 Å². The number of rotatable bonds is 6. The van der Waals surface area contributed by atoms with Gasteiger partial charge in [0.05, 0.1) is 12.5 Å². The van der Waals surface area contributed by atoms with Gasteiger partial charge in [-0.25, -0.2) is 0 Å². The second-order valence-corrected chi connectivity index (χ2v) is 7.62. The highest BCUT2D eigenvalue weighted by atomic mass is 16.2. The SMILES string of the molecule is O=C(CC1=C2CCCCC2N(Cc2ccccc2)C1=O)NCc1ccccc1. The standard InChI is InChI=1S/C24H26N2O2/c27-23(25-16-18-9-3-1-4-10-18)15-21-20-13-7-8-14-22(20)26(24(21)28)17-19-11-5-2-6-12-19/h1-6,9-12,22H,7-8,13-17H2,(H,25,27). The molecular weight excluding hydrogens is 348 g/mol. The van der Waals surface area contributed by atoms with Crippen LogP contribution in [0.3, 0.4) is 0 Å². The van der Waals surface area contributed by atoms with E-state index in [0.717, 1.165) is 42.4 Å². The van der Waals surface area contributed by atoms with Crippen LogP contribution in [0.5, 0.6) is 0 Å². The number of fused-ring (bicyclic) bond motifs is 1. The van der Waals surface area contributed by atoms with Crippen LogP contribution in [-0.4, -0.2) is 22.8 Å². The van der Waals surface area contributed by atoms with Gasteiger partial charge in [0.2, 0.25) is 5.91 Å². The largest absolute Gasteiger partial charge is 0.352 e. The maximum Gasteiger partial charge on any atom is 0.251 e. The molecule has 4 nitrogen and oxygen atoms in total. The Balaban J connectivity index is 1.45. The van der Waals surface area contributed by atoms with Crippen LogP contribution in [0.1, 0.15) is 43.2 Å². The lowest BCUT2D eigenvalue weighted by Gasteiger charge is -2.30. The second kappa shape index (κ2) is 8.42. The summed E-state index contributed by atoms with van der Waals surface area (Å²) < 4.78 is 0. The lowest BCUT2D eigenvalue weighted by molar-refractivity contribution is -0.129. The molecule has 2 amide bonds. The fourth-order valence-electron chi connectivity index (χ4n) is 4.31. The molecule has 1 fully saturated rings. The van der Waals surface area contributed by atoms with Gasteiger partial charge in [-0.3, -0.25) is 9.59 Å². The molecule has 4 rings (SSSR count). The van der Waals surface area contributed by atoms with Gasteiger partial charge in [0, 0.05) is 18.7 Å². The van der Waals surface area contributed by atoms with Crippen molar-refractivity contribution in [3.8, 4) is 0 Å². The fraction of sp³-hybridized carbons (Fsp3) is 0.333. The third-order valence-corrected chi connectivity index (χ3v) is 5.72. The first-order valence-corrected chi connectivity index (χ1v) is 10.1. The second-order valence-electron chi connectivity index (χ2n) is 7.62. The number of carbonyl (C=O) groups is 2. The van der Waals surface area contributed by atoms with Crippen molar-refractivity contribution in [2.24, 2.45) is 0 Å². The number of amides is 2. The molecule has 0 radical (unpaired) electrons. The van der Waals surface area contributed by atoms with Crippen molar-refractivity contribution in [3.05, 3.63) is 82.9 Å². The molecule has 0 bridgehead atoms. The van der Waals surface area contributed by atoms with Crippen LogP contribution in [-0.2, 0) is 22.7 Å². The molecule has 1 atom stereocenters. The third-order valence-electron chi connectivity index (χ3n) is 5.72. The number of nitrogens with zero attached hydrogens (tertiary/aromatic N) is 1. The monoisotopic (exact) mass is 374 g/mol. The lowest BCUT2D eigenvalue weighted by Crippen LogP contribution is -2.36. The summed E-state index contributed by atoms with van der Waals surface area (Å²) in [5, 5.41) is 2.96. The first-order chi connectivity index (χ1) is 13.7. The Bertz CT molecular complexity index is 874. The minimum Gasteiger partial charge on any atom is -0.352 e. The number of carbonyl (C=O) groups excluding carboxylic acids is 2. The highest BCUT2D eigenvalue weighted by Crippen LogP contribution is 2.38. The molecule has 28 heavy (non-hydrogen) atoms. The van der Waals surface area contributed by atoms with E-state index in [1.54, 1.807) is 0 Å². The van der Waals surface area contributed by atoms with Crippen molar-refractivity contribution in [1.29, 1.82) is 0 Å². The highest BCUT2D eigenvalue weighted by molar-refractivity contribution is 6.02. The van der Waals surface area contributed by atoms with E-state index in [4.69, 9.17) is 0 Å². The predicted octanol–water partition coefficient (Wildman–Crippen LogP) is 3.97. The van der Waals surface area contributed by atoms with Gasteiger partial charge >= 0.3 is 0 Å². The number of benzene rings is 2. The average Bonchev–Trinajstić information content (AvgIpc) is 3.00. The molecule has 1 aliphatic heterocycles. The minimum absolute atomic E-state index is 0.0422. The Morgan fingerprint density at radius 3 is 2.36 bits per heavy atom. The Labute approximate surface area is 166 Å². The van der Waals surface area contributed by atoms with Crippen LogP contribution < -0.4 is 5.32 Å². The normalized spacial score (nSPS) is 18.9. The van der Waals surface area contributed by atoms with E-state index < -0.39 is 0 Å². The maximum absolute atomic E-state index is 13.2. The Morgan fingerprint density at radius 1 is 0.964 bits per heavy atom. The highest BCUT2D eigenvalue weighted by Gasteiger charge is 2.40. The van der Waals surface area contributed by atoms with Crippen molar-refractivity contribution >= 4 is 11.8 Å². The average molecular weight is 374 g/mol. The molecule has 0 saturated heterocycles. The zero-order valence-electron chi connectivity index (χ0n) is 16.1. The van der Waals surface area contributed by atoms with E-state index in [1.165, 1.54) is 5.57 Å². The summed E-state index contributed by atoms with van der Waals surface area (Å²) in [4.78, 5) is 27.7. The van der Waals surface area contributed by atoms with Gasteiger partial charge in [0.1, 0.15) is 0 Å². The van der Waals surface area contributed by atoms with Crippen molar-refractivity contribution in [1.82, 2.24) is 10.2 Å². The van der Waals surface area contributed by atoms with Gasteiger partial charge in [0.15, 0.2) is 0 Å². The van der Waals surface area contributed by atoms with Crippen molar-refractivity contribution in [2.45, 2.75) is 51.2 Å². The molecule has 2 aromatic carbocycles. The van der Waals surface area contributed by atoms with Crippen LogP contribution in [0.25, 0.3) is 0 Å². The Morgan fingerprint density at radius 2 is 1.64 bits per heavy atom. The number of hydrogen-bond acceptors (Lipinski definition) is 2. The van der Waals surface area contributed by atoms with Crippen LogP contribution in [0.4, 0.5) is 0 Å². The third kappa shape index (κ3) is 4.01. The maximum atomic E-state index is 13.2. The topological polar surface area (TPSA) is 49.4 Å². The summed E-state index contributed by atoms with van der Waals surface area (Å²) in [5.41, 5.74) is 4.12. The van der Waals surface area contributed by atoms with Crippen LogP contribution in [0, 0.1) is 0 Å². The van der Waals surface area contributed by atoms with E-state index >= 15 is 0 Å². The number of hydrogen-bond donors (Lipinski definition) is 1. The van der Waals surface area contributed by atoms with Gasteiger partial charge in [-0.2, -0.15) is 0 Å². The minimum atomic E-state index is -0.0782. The Kier molecular flexibility index (Phi) is 5.56. The van der Waals surface area contributed by atoms with Crippen LogP contribution in [0.2, 0.25) is 0 Å². The smallest absolute Gasteiger partial charge is 0.251 e. The summed E-state index contributed by atoms with van der Waals surface area (Å²) in [6.45, 7) is 1.11. The van der Waals surface area contributed by atoms with Gasteiger partial charge in [-0.15, -0.1) is 0 Å². The molecule has 0 spiro atoms. The molecule has 1 unspecified atom stereocenters. The molecular formula is C24H26N2O2. The van der Waals surface area contributed by atoms with E-state index in [0.29, 0.717) is 13.1 Å². The molecule has 2 aliphatic rings. The molecule has 1 heterocycles. The molecule has 1 saturated carbocycles. The summed E-state index contributed by atoms with van der Waals surface area (Å²) in [7, 11) is 0. The van der Waals surface area contributed by atoms with Crippen molar-refractivity contribution < 1.29 is 9.59 Å². The quantitative estimate of drug-likeness (QED) is 0.832. The van der Waals surface area contributed by atoms with Gasteiger partial charge in [0.25, 0.3) is 5.91 Å².